The number of aromatic nitrogens is 2. The Bertz CT molecular complexity index is 1400. The van der Waals surface area contributed by atoms with Crippen LogP contribution in [-0.4, -0.2) is 20.7 Å². The number of nitro groups is 1. The first kappa shape index (κ1) is 22.5. The number of hydrogen-bond acceptors (Lipinski definition) is 7. The van der Waals surface area contributed by atoms with Gasteiger partial charge in [-0.2, -0.15) is 0 Å². The predicted molar refractivity (Wildman–Crippen MR) is 133 cm³/mol. The SMILES string of the molecule is O=C1CCCC2=C1[C@H](c1ccc(Br)cc1)c1c(nc(SCc3cccc([N+](=O)[O-])c3)[nH]c1=O)N2. The molecule has 1 aliphatic carbocycles. The Balaban J connectivity index is 1.52. The van der Waals surface area contributed by atoms with Crippen LogP contribution in [0.4, 0.5) is 11.5 Å². The molecule has 2 N–H and O–H groups in total. The Morgan fingerprint density at radius 3 is 2.71 bits per heavy atom. The number of ketones is 1. The van der Waals surface area contributed by atoms with Crippen molar-refractivity contribution >= 4 is 45.0 Å². The molecule has 0 saturated heterocycles. The van der Waals surface area contributed by atoms with E-state index in [2.05, 4.69) is 31.2 Å². The van der Waals surface area contributed by atoms with Crippen LogP contribution in [0.15, 0.2) is 74.2 Å². The summed E-state index contributed by atoms with van der Waals surface area (Å²) in [4.78, 5) is 44.3. The summed E-state index contributed by atoms with van der Waals surface area (Å²) in [6.45, 7) is 0. The Morgan fingerprint density at radius 1 is 1.15 bits per heavy atom. The highest BCUT2D eigenvalue weighted by Gasteiger charge is 2.37. The topological polar surface area (TPSA) is 118 Å². The summed E-state index contributed by atoms with van der Waals surface area (Å²) in [5.74, 6) is 0.424. The zero-order valence-electron chi connectivity index (χ0n) is 17.8. The molecule has 0 amide bonds. The van der Waals surface area contributed by atoms with E-state index in [1.54, 1.807) is 12.1 Å². The number of nitro benzene ring substituents is 1. The molecule has 2 aliphatic rings. The summed E-state index contributed by atoms with van der Waals surface area (Å²) in [5.41, 5.74) is 3.22. The van der Waals surface area contributed by atoms with E-state index >= 15 is 0 Å². The first-order valence-electron chi connectivity index (χ1n) is 10.7. The summed E-state index contributed by atoms with van der Waals surface area (Å²) in [5, 5.41) is 14.7. The minimum atomic E-state index is -0.487. The first-order valence-corrected chi connectivity index (χ1v) is 12.5. The Hall–Kier alpha value is -3.24. The lowest BCUT2D eigenvalue weighted by Gasteiger charge is -2.32. The van der Waals surface area contributed by atoms with Crippen molar-refractivity contribution in [3.05, 3.63) is 101 Å². The van der Waals surface area contributed by atoms with Crippen LogP contribution in [0.3, 0.4) is 0 Å². The molecule has 0 saturated carbocycles. The van der Waals surface area contributed by atoms with Gasteiger partial charge in [0.15, 0.2) is 10.9 Å². The minimum absolute atomic E-state index is 0.0189. The van der Waals surface area contributed by atoms with Crippen LogP contribution >= 0.6 is 27.7 Å². The molecular formula is C24H19BrN4O4S. The fourth-order valence-electron chi connectivity index (χ4n) is 4.41. The number of H-pyrrole nitrogens is 1. The average Bonchev–Trinajstić information content (AvgIpc) is 2.82. The molecule has 10 heteroatoms. The number of anilines is 1. The van der Waals surface area contributed by atoms with Crippen molar-refractivity contribution in [1.82, 2.24) is 9.97 Å². The van der Waals surface area contributed by atoms with Crippen LogP contribution in [0, 0.1) is 10.1 Å². The van der Waals surface area contributed by atoms with Gasteiger partial charge >= 0.3 is 0 Å². The highest BCUT2D eigenvalue weighted by atomic mass is 79.9. The lowest BCUT2D eigenvalue weighted by Crippen LogP contribution is -2.32. The molecule has 8 nitrogen and oxygen atoms in total. The number of nitrogens with zero attached hydrogens (tertiary/aromatic N) is 2. The molecule has 5 rings (SSSR count). The van der Waals surface area contributed by atoms with Crippen LogP contribution in [0.5, 0.6) is 0 Å². The number of nitrogens with one attached hydrogen (secondary N) is 2. The van der Waals surface area contributed by atoms with Crippen LogP contribution in [0.25, 0.3) is 0 Å². The van der Waals surface area contributed by atoms with Crippen molar-refractivity contribution in [2.75, 3.05) is 5.32 Å². The number of allylic oxidation sites excluding steroid dienone is 2. The number of hydrogen-bond donors (Lipinski definition) is 2. The number of benzene rings is 2. The number of fused-ring (bicyclic) bond motifs is 1. The molecule has 3 aromatic rings. The van der Waals surface area contributed by atoms with Crippen molar-refractivity contribution in [1.29, 1.82) is 0 Å². The summed E-state index contributed by atoms with van der Waals surface area (Å²) in [6, 6.07) is 14.0. The van der Waals surface area contributed by atoms with Crippen molar-refractivity contribution < 1.29 is 9.72 Å². The monoisotopic (exact) mass is 538 g/mol. The van der Waals surface area contributed by atoms with Gasteiger partial charge in [0.1, 0.15) is 5.82 Å². The average molecular weight is 539 g/mol. The highest BCUT2D eigenvalue weighted by molar-refractivity contribution is 9.10. The van der Waals surface area contributed by atoms with Gasteiger partial charge in [-0.15, -0.1) is 0 Å². The fraction of sp³-hybridized carbons (Fsp3) is 0.208. The quantitative estimate of drug-likeness (QED) is 0.196. The second-order valence-electron chi connectivity index (χ2n) is 8.13. The van der Waals surface area contributed by atoms with Gasteiger partial charge in [-0.05, 0) is 36.1 Å². The van der Waals surface area contributed by atoms with Crippen LogP contribution in [-0.2, 0) is 10.5 Å². The first-order chi connectivity index (χ1) is 16.4. The highest BCUT2D eigenvalue weighted by Crippen LogP contribution is 2.43. The molecule has 0 bridgehead atoms. The summed E-state index contributed by atoms with van der Waals surface area (Å²) in [7, 11) is 0. The normalized spacial score (nSPS) is 17.1. The van der Waals surface area contributed by atoms with E-state index in [0.29, 0.717) is 34.3 Å². The Kier molecular flexibility index (Phi) is 6.09. The molecule has 2 heterocycles. The van der Waals surface area contributed by atoms with E-state index in [9.17, 15) is 19.7 Å². The number of carbonyl (C=O) groups excluding carboxylic acids is 1. The third kappa shape index (κ3) is 4.30. The maximum absolute atomic E-state index is 13.3. The zero-order valence-corrected chi connectivity index (χ0v) is 20.2. The maximum Gasteiger partial charge on any atom is 0.269 e. The van der Waals surface area contributed by atoms with E-state index in [0.717, 1.165) is 34.1 Å². The van der Waals surface area contributed by atoms with Gasteiger partial charge in [0, 0.05) is 46.0 Å². The molecule has 1 aliphatic heterocycles. The molecule has 0 radical (unpaired) electrons. The molecule has 0 fully saturated rings. The molecular weight excluding hydrogens is 520 g/mol. The van der Waals surface area contributed by atoms with Crippen LogP contribution in [0.2, 0.25) is 0 Å². The third-order valence-corrected chi connectivity index (χ3v) is 7.41. The van der Waals surface area contributed by atoms with Gasteiger partial charge in [0.05, 0.1) is 10.5 Å². The van der Waals surface area contributed by atoms with E-state index in [-0.39, 0.29) is 17.0 Å². The number of thioether (sulfide) groups is 1. The fourth-order valence-corrected chi connectivity index (χ4v) is 5.48. The van der Waals surface area contributed by atoms with E-state index in [1.807, 2.05) is 24.3 Å². The van der Waals surface area contributed by atoms with Crippen molar-refractivity contribution in [2.24, 2.45) is 0 Å². The van der Waals surface area contributed by atoms with Gasteiger partial charge in [0.2, 0.25) is 0 Å². The Morgan fingerprint density at radius 2 is 1.94 bits per heavy atom. The largest absolute Gasteiger partial charge is 0.343 e. The molecule has 1 aromatic heterocycles. The third-order valence-electron chi connectivity index (χ3n) is 5.94. The van der Waals surface area contributed by atoms with Crippen molar-refractivity contribution in [3.63, 3.8) is 0 Å². The molecule has 1 atom stereocenters. The van der Waals surface area contributed by atoms with E-state index in [4.69, 9.17) is 0 Å². The Labute approximate surface area is 207 Å². The minimum Gasteiger partial charge on any atom is -0.343 e. The second-order valence-corrected chi connectivity index (χ2v) is 10.0. The number of rotatable bonds is 5. The number of non-ortho nitro benzene ring substituents is 1. The predicted octanol–water partition coefficient (Wildman–Crippen LogP) is 5.30. The van der Waals surface area contributed by atoms with Crippen LogP contribution < -0.4 is 10.9 Å². The van der Waals surface area contributed by atoms with E-state index in [1.165, 1.54) is 23.9 Å². The number of halogens is 1. The summed E-state index contributed by atoms with van der Waals surface area (Å²) < 4.78 is 0.912. The summed E-state index contributed by atoms with van der Waals surface area (Å²) in [6.07, 6.45) is 1.94. The molecule has 0 unspecified atom stereocenters. The zero-order chi connectivity index (χ0) is 23.8. The van der Waals surface area contributed by atoms with Crippen molar-refractivity contribution in [3.8, 4) is 0 Å². The molecule has 0 spiro atoms. The van der Waals surface area contributed by atoms with Crippen molar-refractivity contribution in [2.45, 2.75) is 36.1 Å². The van der Waals surface area contributed by atoms with Gasteiger partial charge < -0.3 is 10.3 Å². The maximum atomic E-state index is 13.3. The van der Waals surface area contributed by atoms with Gasteiger partial charge in [-0.25, -0.2) is 4.98 Å². The molecule has 2 aromatic carbocycles. The molecule has 34 heavy (non-hydrogen) atoms. The van der Waals surface area contributed by atoms with Gasteiger partial charge in [-0.1, -0.05) is 52.0 Å². The van der Waals surface area contributed by atoms with Crippen LogP contribution in [0.1, 0.15) is 41.9 Å². The lowest BCUT2D eigenvalue weighted by atomic mass is 9.76. The van der Waals surface area contributed by atoms with Gasteiger partial charge in [0.25, 0.3) is 11.2 Å². The van der Waals surface area contributed by atoms with Gasteiger partial charge in [-0.3, -0.25) is 19.7 Å². The molecule has 172 valence electrons. The summed E-state index contributed by atoms with van der Waals surface area (Å²) >= 11 is 4.73. The number of carbonyl (C=O) groups is 1. The second kappa shape index (κ2) is 9.19. The smallest absolute Gasteiger partial charge is 0.269 e. The van der Waals surface area contributed by atoms with E-state index < -0.39 is 10.8 Å². The number of Topliss-reactive ketones (excluding diaryl/α,β-unsaturated/α-hetero) is 1. The number of aromatic amines is 1. The standard InChI is InChI=1S/C24H19BrN4O4S/c25-15-9-7-14(8-10-15)19-20-17(5-2-6-18(20)30)26-22-21(19)23(31)28-24(27-22)34-12-13-3-1-4-16(11-13)29(32)33/h1,3-4,7-11,19H,2,5-6,12H2,(H2,26,27,28,31)/t19-/m0/s1. The lowest BCUT2D eigenvalue weighted by molar-refractivity contribution is -0.384.